The summed E-state index contributed by atoms with van der Waals surface area (Å²) in [4.78, 5) is 59.2. The second kappa shape index (κ2) is 11.8. The maximum atomic E-state index is 14.2. The first kappa shape index (κ1) is 29.9. The van der Waals surface area contributed by atoms with E-state index in [1.54, 1.807) is 75.4 Å². The number of hydroxylamine groups is 2. The monoisotopic (exact) mass is 564 g/mol. The van der Waals surface area contributed by atoms with E-state index in [1.165, 1.54) is 6.20 Å². The Kier molecular flexibility index (Phi) is 8.62. The Bertz CT molecular complexity index is 1430. The maximum Gasteiger partial charge on any atom is 0.345 e. The van der Waals surface area contributed by atoms with Crippen LogP contribution in [0.1, 0.15) is 44.7 Å². The third-order valence-corrected chi connectivity index (χ3v) is 7.16. The van der Waals surface area contributed by atoms with Crippen molar-refractivity contribution in [1.82, 2.24) is 14.9 Å². The lowest BCUT2D eigenvalue weighted by atomic mass is 9.86. The van der Waals surface area contributed by atoms with Crippen molar-refractivity contribution in [2.75, 3.05) is 6.54 Å². The minimum atomic E-state index is -2.83. The van der Waals surface area contributed by atoms with Crippen LogP contribution in [0.5, 0.6) is 0 Å². The summed E-state index contributed by atoms with van der Waals surface area (Å²) in [5.41, 5.74) is 4.09. The second-order valence-electron chi connectivity index (χ2n) is 11.3. The average Bonchev–Trinajstić information content (AvgIpc) is 3.53. The van der Waals surface area contributed by atoms with Gasteiger partial charge >= 0.3 is 11.9 Å². The van der Waals surface area contributed by atoms with Gasteiger partial charge in [-0.05, 0) is 57.2 Å². The number of hydrogen-bond donors (Lipinski definition) is 4. The third kappa shape index (κ3) is 6.17. The number of ether oxygens (including phenoxy) is 1. The van der Waals surface area contributed by atoms with Gasteiger partial charge in [-0.1, -0.05) is 48.5 Å². The van der Waals surface area contributed by atoms with Crippen molar-refractivity contribution >= 4 is 34.7 Å². The van der Waals surface area contributed by atoms with E-state index in [-0.39, 0.29) is 19.4 Å². The molecule has 0 bridgehead atoms. The van der Waals surface area contributed by atoms with Gasteiger partial charge in [0.25, 0.3) is 0 Å². The molecule has 11 nitrogen and oxygen atoms in total. The number of amides is 2. The zero-order valence-electron chi connectivity index (χ0n) is 23.4. The molecule has 5 N–H and O–H groups in total. The molecule has 3 aromatic rings. The number of aliphatic carboxylic acids is 1. The van der Waals surface area contributed by atoms with Gasteiger partial charge in [0.05, 0.1) is 6.04 Å². The van der Waals surface area contributed by atoms with Gasteiger partial charge in [-0.2, -0.15) is 5.06 Å². The van der Waals surface area contributed by atoms with Crippen molar-refractivity contribution < 1.29 is 34.2 Å². The summed E-state index contributed by atoms with van der Waals surface area (Å²) >= 11 is 0. The fourth-order valence-electron chi connectivity index (χ4n) is 5.17. The molecule has 41 heavy (non-hydrogen) atoms. The minimum absolute atomic E-state index is 0.0198. The van der Waals surface area contributed by atoms with E-state index in [9.17, 15) is 29.5 Å². The van der Waals surface area contributed by atoms with Gasteiger partial charge in [0.1, 0.15) is 11.6 Å². The Hall–Kier alpha value is -4.06. The molecule has 2 amide bonds. The minimum Gasteiger partial charge on any atom is -0.479 e. The SMILES string of the molecule is CC(C)(C)OC(=O)[C@@](Cc1c[nH]c2ccccc12)(C(=O)O)N(C(=O)C(N)Cc1ccccc1)C(=O)C1CCCN1O. The number of carbonyl (C=O) groups is 4. The van der Waals surface area contributed by atoms with Crippen molar-refractivity contribution in [3.8, 4) is 0 Å². The van der Waals surface area contributed by atoms with E-state index in [0.717, 1.165) is 5.06 Å². The highest BCUT2D eigenvalue weighted by atomic mass is 16.6. The Labute approximate surface area is 237 Å². The Morgan fingerprint density at radius 1 is 1.10 bits per heavy atom. The van der Waals surface area contributed by atoms with Gasteiger partial charge in [0.15, 0.2) is 0 Å². The molecule has 3 atom stereocenters. The zero-order chi connectivity index (χ0) is 29.9. The molecule has 1 aromatic heterocycles. The number of carbonyl (C=O) groups excluding carboxylic acids is 3. The number of aromatic amines is 1. The number of imide groups is 1. The van der Waals surface area contributed by atoms with Crippen molar-refractivity contribution in [3.05, 3.63) is 71.9 Å². The number of nitrogens with zero attached hydrogens (tertiary/aromatic N) is 2. The molecule has 218 valence electrons. The molecular weight excluding hydrogens is 528 g/mol. The standard InChI is InChI=1S/C30H36N4O7/c1-29(2,3)41-28(39)30(27(37)38,17-20-18-32-23-13-8-7-12-21(20)23)34(26(36)24-14-9-15-33(24)40)25(35)22(31)16-19-10-5-4-6-11-19/h4-8,10-13,18,22,24,32,40H,9,14-17,31H2,1-3H3,(H,37,38)/t22?,24?,30-/m1/s1. The van der Waals surface area contributed by atoms with E-state index >= 15 is 0 Å². The number of fused-ring (bicyclic) bond motifs is 1. The van der Waals surface area contributed by atoms with Gasteiger partial charge in [-0.25, -0.2) is 9.59 Å². The predicted octanol–water partition coefficient (Wildman–Crippen LogP) is 2.65. The molecule has 2 unspecified atom stereocenters. The summed E-state index contributed by atoms with van der Waals surface area (Å²) in [5.74, 6) is -5.15. The summed E-state index contributed by atoms with van der Waals surface area (Å²) in [6.45, 7) is 4.82. The second-order valence-corrected chi connectivity index (χ2v) is 11.3. The molecule has 1 aliphatic heterocycles. The first-order valence-electron chi connectivity index (χ1n) is 13.5. The topological polar surface area (TPSA) is 166 Å². The molecule has 4 rings (SSSR count). The molecule has 2 aromatic carbocycles. The van der Waals surface area contributed by atoms with Gasteiger partial charge in [-0.15, -0.1) is 0 Å². The number of H-pyrrole nitrogens is 1. The molecule has 2 heterocycles. The molecule has 1 aliphatic rings. The van der Waals surface area contributed by atoms with E-state index in [0.29, 0.717) is 33.4 Å². The van der Waals surface area contributed by atoms with Crippen LogP contribution in [-0.2, 0) is 36.8 Å². The van der Waals surface area contributed by atoms with Gasteiger partial charge in [-0.3, -0.25) is 14.5 Å². The maximum absolute atomic E-state index is 14.2. The summed E-state index contributed by atoms with van der Waals surface area (Å²) in [6.07, 6.45) is 1.52. The smallest absolute Gasteiger partial charge is 0.345 e. The molecule has 0 aliphatic carbocycles. The molecular formula is C30H36N4O7. The fourth-order valence-corrected chi connectivity index (χ4v) is 5.17. The normalized spacial score (nSPS) is 18.0. The van der Waals surface area contributed by atoms with Crippen molar-refractivity contribution in [1.29, 1.82) is 0 Å². The van der Waals surface area contributed by atoms with E-state index in [4.69, 9.17) is 10.5 Å². The zero-order valence-corrected chi connectivity index (χ0v) is 23.4. The molecule has 1 saturated heterocycles. The number of carboxylic acid groups (broad SMARTS) is 1. The average molecular weight is 565 g/mol. The van der Waals surface area contributed by atoms with Crippen molar-refractivity contribution in [2.45, 2.75) is 69.7 Å². The Morgan fingerprint density at radius 2 is 1.76 bits per heavy atom. The van der Waals surface area contributed by atoms with Crippen LogP contribution in [0, 0.1) is 0 Å². The number of hydrogen-bond acceptors (Lipinski definition) is 8. The molecule has 1 fully saturated rings. The number of esters is 1. The van der Waals surface area contributed by atoms with Crippen LogP contribution < -0.4 is 5.73 Å². The highest BCUT2D eigenvalue weighted by molar-refractivity contribution is 6.15. The summed E-state index contributed by atoms with van der Waals surface area (Å²) in [6, 6.07) is 13.2. The van der Waals surface area contributed by atoms with Crippen LogP contribution in [0.3, 0.4) is 0 Å². The number of benzene rings is 2. The molecule has 0 spiro atoms. The number of para-hydroxylation sites is 1. The Balaban J connectivity index is 1.90. The van der Waals surface area contributed by atoms with Gasteiger partial charge < -0.3 is 25.8 Å². The molecule has 0 saturated carbocycles. The first-order valence-corrected chi connectivity index (χ1v) is 13.5. The number of aromatic nitrogens is 1. The highest BCUT2D eigenvalue weighted by Crippen LogP contribution is 2.33. The highest BCUT2D eigenvalue weighted by Gasteiger charge is 2.60. The van der Waals surface area contributed by atoms with Crippen LogP contribution in [-0.4, -0.2) is 78.8 Å². The lowest BCUT2D eigenvalue weighted by Crippen LogP contribution is -2.70. The van der Waals surface area contributed by atoms with E-state index in [2.05, 4.69) is 4.98 Å². The fraction of sp³-hybridized carbons (Fsp3) is 0.400. The summed E-state index contributed by atoms with van der Waals surface area (Å²) in [5, 5.41) is 22.7. The largest absolute Gasteiger partial charge is 0.479 e. The van der Waals surface area contributed by atoms with E-state index < -0.39 is 53.4 Å². The number of nitrogens with one attached hydrogen (secondary N) is 1. The van der Waals surface area contributed by atoms with E-state index in [1.807, 2.05) is 0 Å². The first-order chi connectivity index (χ1) is 19.3. The van der Waals surface area contributed by atoms with Crippen LogP contribution in [0.4, 0.5) is 0 Å². The lowest BCUT2D eigenvalue weighted by Gasteiger charge is -2.41. The summed E-state index contributed by atoms with van der Waals surface area (Å²) < 4.78 is 5.60. The quantitative estimate of drug-likeness (QED) is 0.226. The predicted molar refractivity (Wildman–Crippen MR) is 150 cm³/mol. The Morgan fingerprint density at radius 3 is 2.37 bits per heavy atom. The van der Waals surface area contributed by atoms with Crippen LogP contribution in [0.15, 0.2) is 60.8 Å². The number of nitrogens with two attached hydrogens (primary N) is 1. The summed E-state index contributed by atoms with van der Waals surface area (Å²) in [7, 11) is 0. The van der Waals surface area contributed by atoms with Gasteiger partial charge in [0, 0.05) is 30.1 Å². The van der Waals surface area contributed by atoms with Crippen molar-refractivity contribution in [2.24, 2.45) is 5.73 Å². The van der Waals surface area contributed by atoms with Crippen LogP contribution in [0.2, 0.25) is 0 Å². The number of carboxylic acids is 1. The number of rotatable bonds is 9. The molecule has 0 radical (unpaired) electrons. The lowest BCUT2D eigenvalue weighted by molar-refractivity contribution is -0.191. The van der Waals surface area contributed by atoms with Crippen LogP contribution in [0.25, 0.3) is 10.9 Å². The molecule has 11 heteroatoms. The van der Waals surface area contributed by atoms with Gasteiger partial charge in [0.2, 0.25) is 17.4 Å². The van der Waals surface area contributed by atoms with Crippen molar-refractivity contribution in [3.63, 3.8) is 0 Å². The third-order valence-electron chi connectivity index (χ3n) is 7.16. The van der Waals surface area contributed by atoms with Crippen LogP contribution >= 0.6 is 0 Å².